The summed E-state index contributed by atoms with van der Waals surface area (Å²) >= 11 is 5.91. The Morgan fingerprint density at radius 2 is 1.91 bits per heavy atom. The number of nitrogens with one attached hydrogen (secondary N) is 1. The molecule has 1 amide bonds. The molecule has 23 heavy (non-hydrogen) atoms. The van der Waals surface area contributed by atoms with Crippen molar-refractivity contribution >= 4 is 23.2 Å². The van der Waals surface area contributed by atoms with E-state index < -0.39 is 0 Å². The molecule has 0 aliphatic rings. The molecule has 0 spiro atoms. The van der Waals surface area contributed by atoms with Gasteiger partial charge in [-0.05, 0) is 68.1 Å². The van der Waals surface area contributed by atoms with Crippen molar-refractivity contribution in [3.63, 3.8) is 0 Å². The smallest absolute Gasteiger partial charge is 0.224 e. The van der Waals surface area contributed by atoms with Crippen molar-refractivity contribution in [1.82, 2.24) is 0 Å². The van der Waals surface area contributed by atoms with Crippen LogP contribution in [-0.4, -0.2) is 12.5 Å². The maximum absolute atomic E-state index is 12.0. The van der Waals surface area contributed by atoms with Crippen molar-refractivity contribution in [2.75, 3.05) is 11.9 Å². The molecule has 4 heteroatoms. The molecule has 0 aromatic heterocycles. The zero-order chi connectivity index (χ0) is 16.8. The van der Waals surface area contributed by atoms with Crippen molar-refractivity contribution in [2.24, 2.45) is 0 Å². The molecule has 2 aromatic rings. The highest BCUT2D eigenvalue weighted by atomic mass is 35.5. The van der Waals surface area contributed by atoms with E-state index in [1.807, 2.05) is 38.1 Å². The number of hydrogen-bond acceptors (Lipinski definition) is 2. The van der Waals surface area contributed by atoms with Crippen LogP contribution in [0.1, 0.15) is 29.5 Å². The van der Waals surface area contributed by atoms with E-state index in [1.54, 1.807) is 6.07 Å². The van der Waals surface area contributed by atoms with Crippen LogP contribution < -0.4 is 10.1 Å². The van der Waals surface area contributed by atoms with Gasteiger partial charge in [0.15, 0.2) is 0 Å². The molecule has 3 nitrogen and oxygen atoms in total. The Morgan fingerprint density at radius 3 is 2.65 bits per heavy atom. The van der Waals surface area contributed by atoms with Gasteiger partial charge in [0.25, 0.3) is 0 Å². The first-order chi connectivity index (χ1) is 11.0. The van der Waals surface area contributed by atoms with E-state index in [0.29, 0.717) is 24.5 Å². The van der Waals surface area contributed by atoms with Gasteiger partial charge in [0, 0.05) is 17.1 Å². The first-order valence-electron chi connectivity index (χ1n) is 7.72. The highest BCUT2D eigenvalue weighted by Crippen LogP contribution is 2.21. The van der Waals surface area contributed by atoms with Gasteiger partial charge in [-0.3, -0.25) is 4.79 Å². The molecule has 1 N–H and O–H groups in total. The van der Waals surface area contributed by atoms with Crippen LogP contribution in [0.2, 0.25) is 5.02 Å². The summed E-state index contributed by atoms with van der Waals surface area (Å²) in [5.74, 6) is 0.874. The summed E-state index contributed by atoms with van der Waals surface area (Å²) in [5, 5.41) is 3.57. The maximum atomic E-state index is 12.0. The highest BCUT2D eigenvalue weighted by molar-refractivity contribution is 6.30. The average Bonchev–Trinajstić information content (AvgIpc) is 2.50. The number of carbonyl (C=O) groups excluding carboxylic acids is 1. The van der Waals surface area contributed by atoms with E-state index >= 15 is 0 Å². The number of halogens is 1. The lowest BCUT2D eigenvalue weighted by molar-refractivity contribution is -0.116. The average molecular weight is 332 g/mol. The fourth-order valence-electron chi connectivity index (χ4n) is 2.28. The molecule has 0 aliphatic carbocycles. The second kappa shape index (κ2) is 8.02. The third-order valence-corrected chi connectivity index (χ3v) is 4.06. The second-order valence-electron chi connectivity index (χ2n) is 5.66. The number of amides is 1. The molecule has 0 radical (unpaired) electrons. The van der Waals surface area contributed by atoms with Crippen LogP contribution in [0.25, 0.3) is 0 Å². The molecule has 0 unspecified atom stereocenters. The normalized spacial score (nSPS) is 10.4. The highest BCUT2D eigenvalue weighted by Gasteiger charge is 2.06. The summed E-state index contributed by atoms with van der Waals surface area (Å²) in [5.41, 5.74) is 4.11. The van der Waals surface area contributed by atoms with Crippen LogP contribution in [0.4, 0.5) is 5.69 Å². The summed E-state index contributed by atoms with van der Waals surface area (Å²) in [7, 11) is 0. The quantitative estimate of drug-likeness (QED) is 0.751. The molecule has 0 heterocycles. The molecular weight excluding hydrogens is 310 g/mol. The molecule has 0 aliphatic heterocycles. The Labute approximate surface area is 142 Å². The summed E-state index contributed by atoms with van der Waals surface area (Å²) in [4.78, 5) is 12.0. The van der Waals surface area contributed by atoms with E-state index in [4.69, 9.17) is 16.3 Å². The molecule has 0 fully saturated rings. The van der Waals surface area contributed by atoms with Crippen molar-refractivity contribution < 1.29 is 9.53 Å². The van der Waals surface area contributed by atoms with Crippen molar-refractivity contribution in [3.05, 3.63) is 58.1 Å². The van der Waals surface area contributed by atoms with Gasteiger partial charge in [0.2, 0.25) is 5.91 Å². The van der Waals surface area contributed by atoms with Gasteiger partial charge in [-0.2, -0.15) is 0 Å². The summed E-state index contributed by atoms with van der Waals surface area (Å²) in [6.45, 7) is 6.55. The van der Waals surface area contributed by atoms with E-state index in [1.165, 1.54) is 5.56 Å². The first kappa shape index (κ1) is 17.4. The Kier molecular flexibility index (Phi) is 6.05. The number of rotatable bonds is 6. The van der Waals surface area contributed by atoms with Crippen molar-refractivity contribution in [3.8, 4) is 5.75 Å². The van der Waals surface area contributed by atoms with Gasteiger partial charge in [0.1, 0.15) is 5.75 Å². The fraction of sp³-hybridized carbons (Fsp3) is 0.316. The molecular formula is C19H22ClNO2. The largest absolute Gasteiger partial charge is 0.493 e. The predicted molar refractivity (Wildman–Crippen MR) is 95.5 cm³/mol. The Hall–Kier alpha value is -2.00. The third-order valence-electron chi connectivity index (χ3n) is 3.82. The lowest BCUT2D eigenvalue weighted by atomic mass is 10.1. The van der Waals surface area contributed by atoms with E-state index in [2.05, 4.69) is 18.3 Å². The van der Waals surface area contributed by atoms with Crippen LogP contribution in [-0.2, 0) is 4.79 Å². The van der Waals surface area contributed by atoms with Crippen molar-refractivity contribution in [2.45, 2.75) is 33.6 Å². The van der Waals surface area contributed by atoms with Gasteiger partial charge in [0.05, 0.1) is 6.61 Å². The number of benzene rings is 2. The number of aryl methyl sites for hydroxylation is 2. The van der Waals surface area contributed by atoms with E-state index in [-0.39, 0.29) is 5.91 Å². The Balaban J connectivity index is 1.78. The van der Waals surface area contributed by atoms with Crippen LogP contribution in [0.5, 0.6) is 5.75 Å². The van der Waals surface area contributed by atoms with E-state index in [0.717, 1.165) is 22.6 Å². The fourth-order valence-corrected chi connectivity index (χ4v) is 2.50. The second-order valence-corrected chi connectivity index (χ2v) is 6.09. The Bertz CT molecular complexity index is 698. The minimum atomic E-state index is -0.0139. The summed E-state index contributed by atoms with van der Waals surface area (Å²) in [6, 6.07) is 11.4. The number of carbonyl (C=O) groups is 1. The lowest BCUT2D eigenvalue weighted by Gasteiger charge is -2.11. The predicted octanol–water partition coefficient (Wildman–Crippen LogP) is 5.06. The first-order valence-corrected chi connectivity index (χ1v) is 8.10. The van der Waals surface area contributed by atoms with Gasteiger partial charge >= 0.3 is 0 Å². The van der Waals surface area contributed by atoms with Gasteiger partial charge in [-0.1, -0.05) is 23.7 Å². The van der Waals surface area contributed by atoms with Gasteiger partial charge in [-0.25, -0.2) is 0 Å². The summed E-state index contributed by atoms with van der Waals surface area (Å²) < 4.78 is 5.76. The summed E-state index contributed by atoms with van der Waals surface area (Å²) in [6.07, 6.45) is 1.10. The molecule has 0 saturated heterocycles. The minimum absolute atomic E-state index is 0.0139. The minimum Gasteiger partial charge on any atom is -0.493 e. The Morgan fingerprint density at radius 1 is 1.13 bits per heavy atom. The lowest BCUT2D eigenvalue weighted by Crippen LogP contribution is -2.13. The van der Waals surface area contributed by atoms with Crippen LogP contribution in [0, 0.1) is 20.8 Å². The van der Waals surface area contributed by atoms with E-state index in [9.17, 15) is 4.79 Å². The monoisotopic (exact) mass is 331 g/mol. The maximum Gasteiger partial charge on any atom is 0.224 e. The van der Waals surface area contributed by atoms with Gasteiger partial charge in [-0.15, -0.1) is 0 Å². The van der Waals surface area contributed by atoms with Crippen molar-refractivity contribution in [1.29, 1.82) is 0 Å². The van der Waals surface area contributed by atoms with Crippen LogP contribution in [0.3, 0.4) is 0 Å². The molecule has 2 aromatic carbocycles. The topological polar surface area (TPSA) is 38.3 Å². The number of hydrogen-bond donors (Lipinski definition) is 1. The van der Waals surface area contributed by atoms with Crippen LogP contribution >= 0.6 is 11.6 Å². The number of anilines is 1. The molecule has 0 bridgehead atoms. The SMILES string of the molecule is Cc1cc(Cl)ccc1NC(=O)CCCOc1cccc(C)c1C. The van der Waals surface area contributed by atoms with Crippen LogP contribution in [0.15, 0.2) is 36.4 Å². The molecule has 2 rings (SSSR count). The third kappa shape index (κ3) is 5.00. The zero-order valence-corrected chi connectivity index (χ0v) is 14.5. The molecule has 122 valence electrons. The van der Waals surface area contributed by atoms with Gasteiger partial charge < -0.3 is 10.1 Å². The molecule has 0 atom stereocenters. The molecule has 0 saturated carbocycles. The standard InChI is InChI=1S/C19H22ClNO2/c1-13-6-4-7-18(15(13)3)23-11-5-8-19(22)21-17-10-9-16(20)12-14(17)2/h4,6-7,9-10,12H,5,8,11H2,1-3H3,(H,21,22). The number of ether oxygens (including phenoxy) is 1. The zero-order valence-electron chi connectivity index (χ0n) is 13.8.